The van der Waals surface area contributed by atoms with E-state index in [2.05, 4.69) is 31.3 Å². The summed E-state index contributed by atoms with van der Waals surface area (Å²) in [5, 5.41) is 23.3. The lowest BCUT2D eigenvalue weighted by atomic mass is 10.0. The van der Waals surface area contributed by atoms with Gasteiger partial charge in [-0.3, -0.25) is 9.59 Å². The number of esters is 1. The summed E-state index contributed by atoms with van der Waals surface area (Å²) in [5.41, 5.74) is 0. The zero-order chi connectivity index (χ0) is 53.6. The molecule has 0 rings (SSSR count). The highest BCUT2D eigenvalue weighted by Gasteiger charge is 2.20. The quantitative estimate of drug-likeness (QED) is 0.0320. The van der Waals surface area contributed by atoms with Crippen LogP contribution in [0.5, 0.6) is 0 Å². The van der Waals surface area contributed by atoms with Gasteiger partial charge >= 0.3 is 5.97 Å². The second-order valence-corrected chi connectivity index (χ2v) is 23.5. The number of aliphatic hydroxyl groups is 2. The Balaban J connectivity index is 3.39. The lowest BCUT2D eigenvalue weighted by Crippen LogP contribution is -2.45. The molecule has 0 aromatic rings. The molecule has 0 saturated carbocycles. The molecule has 0 spiro atoms. The van der Waals surface area contributed by atoms with Crippen LogP contribution in [0.2, 0.25) is 0 Å². The Morgan fingerprint density at radius 3 is 0.959 bits per heavy atom. The minimum Gasteiger partial charge on any atom is -0.466 e. The molecular formula is C68H133NO5. The van der Waals surface area contributed by atoms with Crippen molar-refractivity contribution in [2.24, 2.45) is 0 Å². The van der Waals surface area contributed by atoms with Crippen molar-refractivity contribution < 1.29 is 24.5 Å². The summed E-state index contributed by atoms with van der Waals surface area (Å²) in [6, 6.07) is -0.547. The molecule has 2 atom stereocenters. The van der Waals surface area contributed by atoms with Gasteiger partial charge in [0.1, 0.15) is 0 Å². The molecule has 1 amide bonds. The first-order chi connectivity index (χ1) is 36.5. The smallest absolute Gasteiger partial charge is 0.305 e. The largest absolute Gasteiger partial charge is 0.466 e. The fourth-order valence-electron chi connectivity index (χ4n) is 10.9. The van der Waals surface area contributed by atoms with Crippen LogP contribution in [0.15, 0.2) is 12.2 Å². The first kappa shape index (κ1) is 72.6. The van der Waals surface area contributed by atoms with E-state index >= 15 is 0 Å². The van der Waals surface area contributed by atoms with Gasteiger partial charge in [0.25, 0.3) is 0 Å². The summed E-state index contributed by atoms with van der Waals surface area (Å²) in [6.45, 7) is 4.99. The van der Waals surface area contributed by atoms with Crippen LogP contribution in [-0.2, 0) is 14.3 Å². The molecule has 0 fully saturated rings. The van der Waals surface area contributed by atoms with Gasteiger partial charge in [-0.15, -0.1) is 0 Å². The maximum Gasteiger partial charge on any atom is 0.305 e. The summed E-state index contributed by atoms with van der Waals surface area (Å²) in [4.78, 5) is 24.6. The number of nitrogens with one attached hydrogen (secondary N) is 1. The average Bonchev–Trinajstić information content (AvgIpc) is 3.40. The average molecular weight is 1040 g/mol. The topological polar surface area (TPSA) is 95.9 Å². The van der Waals surface area contributed by atoms with Crippen molar-refractivity contribution in [2.45, 2.75) is 398 Å². The van der Waals surface area contributed by atoms with Gasteiger partial charge in [-0.05, 0) is 51.4 Å². The van der Waals surface area contributed by atoms with Crippen LogP contribution in [0, 0.1) is 0 Å². The summed E-state index contributed by atoms with van der Waals surface area (Å²) < 4.78 is 5.51. The maximum atomic E-state index is 12.5. The minimum absolute atomic E-state index is 0.0141. The molecule has 6 nitrogen and oxygen atoms in total. The summed E-state index contributed by atoms with van der Waals surface area (Å²) >= 11 is 0. The fourth-order valence-corrected chi connectivity index (χ4v) is 10.9. The van der Waals surface area contributed by atoms with Gasteiger partial charge in [0.2, 0.25) is 5.91 Å². The molecule has 74 heavy (non-hydrogen) atoms. The van der Waals surface area contributed by atoms with Crippen molar-refractivity contribution in [1.29, 1.82) is 0 Å². The number of carbonyl (C=O) groups excluding carboxylic acids is 2. The molecule has 440 valence electrons. The van der Waals surface area contributed by atoms with E-state index in [1.807, 2.05) is 0 Å². The highest BCUT2D eigenvalue weighted by Crippen LogP contribution is 2.19. The molecule has 0 aromatic carbocycles. The zero-order valence-corrected chi connectivity index (χ0v) is 50.4. The van der Waals surface area contributed by atoms with Crippen LogP contribution in [0.3, 0.4) is 0 Å². The number of rotatable bonds is 64. The number of amides is 1. The fraction of sp³-hybridized carbons (Fsp3) is 0.941. The Morgan fingerprint density at radius 2 is 0.635 bits per heavy atom. The lowest BCUT2D eigenvalue weighted by molar-refractivity contribution is -0.143. The number of ether oxygens (including phenoxy) is 1. The minimum atomic E-state index is -0.669. The van der Waals surface area contributed by atoms with Crippen molar-refractivity contribution in [3.8, 4) is 0 Å². The van der Waals surface area contributed by atoms with Crippen molar-refractivity contribution in [2.75, 3.05) is 13.2 Å². The molecule has 0 bridgehead atoms. The van der Waals surface area contributed by atoms with Crippen molar-refractivity contribution in [3.05, 3.63) is 12.2 Å². The Hall–Kier alpha value is -1.40. The van der Waals surface area contributed by atoms with E-state index < -0.39 is 12.1 Å². The second kappa shape index (κ2) is 64.1. The standard InChI is InChI=1S/C68H133NO5/c1-3-5-7-9-11-13-15-17-19-21-25-30-34-38-42-46-50-54-58-62-68(73)74-63-59-55-51-47-43-39-35-31-27-24-22-23-26-29-33-37-41-45-49-53-57-61-67(72)69-65(64-70)66(71)60-56-52-48-44-40-36-32-28-20-18-16-14-12-10-8-6-4-2/h23,26,65-66,70-71H,3-22,24-25,27-64H2,1-2H3,(H,69,72)/b26-23-. The number of aliphatic hydroxyl groups excluding tert-OH is 2. The first-order valence-electron chi connectivity index (χ1n) is 33.9. The Labute approximate surface area is 463 Å². The van der Waals surface area contributed by atoms with Crippen molar-refractivity contribution in [1.82, 2.24) is 5.32 Å². The van der Waals surface area contributed by atoms with Crippen LogP contribution in [-0.4, -0.2) is 47.4 Å². The van der Waals surface area contributed by atoms with Crippen LogP contribution in [0.4, 0.5) is 0 Å². The van der Waals surface area contributed by atoms with Gasteiger partial charge in [-0.2, -0.15) is 0 Å². The van der Waals surface area contributed by atoms with Crippen LogP contribution >= 0.6 is 0 Å². The number of hydrogen-bond donors (Lipinski definition) is 3. The Bertz CT molecular complexity index is 1110. The third-order valence-electron chi connectivity index (χ3n) is 16.1. The third-order valence-corrected chi connectivity index (χ3v) is 16.1. The van der Waals surface area contributed by atoms with Gasteiger partial charge in [0.15, 0.2) is 0 Å². The predicted molar refractivity (Wildman–Crippen MR) is 324 cm³/mol. The Morgan fingerprint density at radius 1 is 0.365 bits per heavy atom. The molecule has 0 radical (unpaired) electrons. The molecule has 2 unspecified atom stereocenters. The van der Waals surface area contributed by atoms with E-state index in [0.29, 0.717) is 25.9 Å². The van der Waals surface area contributed by atoms with Crippen LogP contribution in [0.1, 0.15) is 386 Å². The van der Waals surface area contributed by atoms with Gasteiger partial charge in [-0.25, -0.2) is 0 Å². The number of hydrogen-bond acceptors (Lipinski definition) is 5. The predicted octanol–water partition coefficient (Wildman–Crippen LogP) is 21.6. The number of allylic oxidation sites excluding steroid dienone is 2. The normalized spacial score (nSPS) is 12.5. The van der Waals surface area contributed by atoms with E-state index in [-0.39, 0.29) is 18.5 Å². The SMILES string of the molecule is CCCCCCCCCCCCCCCCCCCCCC(=O)OCCCCCCCCCCCC/C=C\CCCCCCCCCC(=O)NC(CO)C(O)CCCCCCCCCCCCCCCCCCC. The third kappa shape index (κ3) is 59.8. The Kier molecular flexibility index (Phi) is 62.9. The molecule has 0 aromatic heterocycles. The highest BCUT2D eigenvalue weighted by molar-refractivity contribution is 5.76. The van der Waals surface area contributed by atoms with E-state index in [0.717, 1.165) is 38.5 Å². The van der Waals surface area contributed by atoms with E-state index in [9.17, 15) is 19.8 Å². The van der Waals surface area contributed by atoms with Gasteiger partial charge in [-0.1, -0.05) is 334 Å². The first-order valence-corrected chi connectivity index (χ1v) is 33.9. The van der Waals surface area contributed by atoms with Crippen LogP contribution < -0.4 is 5.32 Å². The number of unbranched alkanes of at least 4 members (excludes halogenated alkanes) is 51. The summed E-state index contributed by atoms with van der Waals surface area (Å²) in [5.74, 6) is -0.0251. The van der Waals surface area contributed by atoms with E-state index in [4.69, 9.17) is 4.74 Å². The molecule has 0 aliphatic carbocycles. The molecule has 0 heterocycles. The van der Waals surface area contributed by atoms with E-state index in [1.165, 1.54) is 315 Å². The summed E-state index contributed by atoms with van der Waals surface area (Å²) in [7, 11) is 0. The molecule has 0 aliphatic heterocycles. The van der Waals surface area contributed by atoms with Crippen molar-refractivity contribution >= 4 is 11.9 Å². The van der Waals surface area contributed by atoms with Gasteiger partial charge in [0.05, 0.1) is 25.4 Å². The van der Waals surface area contributed by atoms with Crippen molar-refractivity contribution in [3.63, 3.8) is 0 Å². The maximum absolute atomic E-state index is 12.5. The zero-order valence-electron chi connectivity index (χ0n) is 50.4. The van der Waals surface area contributed by atoms with Gasteiger partial charge in [0, 0.05) is 12.8 Å². The second-order valence-electron chi connectivity index (χ2n) is 23.5. The van der Waals surface area contributed by atoms with Gasteiger partial charge < -0.3 is 20.3 Å². The van der Waals surface area contributed by atoms with E-state index in [1.54, 1.807) is 0 Å². The monoisotopic (exact) mass is 1040 g/mol. The highest BCUT2D eigenvalue weighted by atomic mass is 16.5. The number of carbonyl (C=O) groups is 2. The van der Waals surface area contributed by atoms with Crippen LogP contribution in [0.25, 0.3) is 0 Å². The lowest BCUT2D eigenvalue weighted by Gasteiger charge is -2.22. The molecule has 3 N–H and O–H groups in total. The molecule has 6 heteroatoms. The molecular weight excluding hydrogens is 911 g/mol. The summed E-state index contributed by atoms with van der Waals surface area (Å²) in [6.07, 6.45) is 78.1. The molecule has 0 aliphatic rings. The molecule has 0 saturated heterocycles.